The third-order valence-corrected chi connectivity index (χ3v) is 6.97. The molecule has 6 heteroatoms. The molecule has 1 saturated carbocycles. The maximum Gasteiger partial charge on any atom is 0.308 e. The van der Waals surface area contributed by atoms with Gasteiger partial charge >= 0.3 is 5.97 Å². The number of esters is 1. The molecule has 1 aromatic carbocycles. The normalized spacial score (nSPS) is 31.0. The van der Waals surface area contributed by atoms with E-state index in [1.807, 2.05) is 0 Å². The zero-order chi connectivity index (χ0) is 15.7. The summed E-state index contributed by atoms with van der Waals surface area (Å²) in [6.07, 6.45) is 1.98. The van der Waals surface area contributed by atoms with Crippen molar-refractivity contribution >= 4 is 15.8 Å². The summed E-state index contributed by atoms with van der Waals surface area (Å²) in [6, 6.07) is 8.42. The van der Waals surface area contributed by atoms with Gasteiger partial charge in [-0.25, -0.2) is 8.42 Å². The van der Waals surface area contributed by atoms with Crippen LogP contribution in [0, 0.1) is 5.92 Å². The Balaban J connectivity index is 1.94. The summed E-state index contributed by atoms with van der Waals surface area (Å²) >= 11 is 0. The van der Waals surface area contributed by atoms with E-state index in [-0.39, 0.29) is 18.4 Å². The van der Waals surface area contributed by atoms with Gasteiger partial charge in [-0.15, -0.1) is 0 Å². The first-order valence-corrected chi connectivity index (χ1v) is 9.10. The topological polar surface area (TPSA) is 69.7 Å². The molecule has 1 saturated heterocycles. The van der Waals surface area contributed by atoms with Crippen LogP contribution in [0.25, 0.3) is 0 Å². The van der Waals surface area contributed by atoms with Crippen molar-refractivity contribution in [2.75, 3.05) is 7.11 Å². The molecule has 0 amide bonds. The average molecular weight is 324 g/mol. The summed E-state index contributed by atoms with van der Waals surface area (Å²) in [5.74, 6) is -0.460. The number of rotatable bonds is 4. The Morgan fingerprint density at radius 3 is 2.68 bits per heavy atom. The lowest BCUT2D eigenvalue weighted by atomic mass is 10.00. The highest BCUT2D eigenvalue weighted by molar-refractivity contribution is 7.92. The van der Waals surface area contributed by atoms with Gasteiger partial charge in [0.25, 0.3) is 0 Å². The van der Waals surface area contributed by atoms with Crippen molar-refractivity contribution in [3.8, 4) is 0 Å². The molecular weight excluding hydrogens is 304 g/mol. The van der Waals surface area contributed by atoms with Gasteiger partial charge < -0.3 is 9.47 Å². The number of ether oxygens (including phenoxy) is 2. The van der Waals surface area contributed by atoms with Crippen molar-refractivity contribution in [2.24, 2.45) is 5.92 Å². The van der Waals surface area contributed by atoms with Gasteiger partial charge in [-0.1, -0.05) is 24.6 Å². The van der Waals surface area contributed by atoms with E-state index in [2.05, 4.69) is 4.74 Å². The molecule has 1 aliphatic heterocycles. The fraction of sp³-hybridized carbons (Fsp3) is 0.562. The van der Waals surface area contributed by atoms with Gasteiger partial charge in [0.2, 0.25) is 0 Å². The molecule has 22 heavy (non-hydrogen) atoms. The van der Waals surface area contributed by atoms with Gasteiger partial charge in [0.05, 0.1) is 35.9 Å². The zero-order valence-corrected chi connectivity index (χ0v) is 13.3. The summed E-state index contributed by atoms with van der Waals surface area (Å²) in [5.41, 5.74) is 0. The number of hydrogen-bond acceptors (Lipinski definition) is 5. The number of methoxy groups -OCH3 is 1. The van der Waals surface area contributed by atoms with E-state index in [9.17, 15) is 13.2 Å². The molecule has 1 heterocycles. The molecule has 120 valence electrons. The van der Waals surface area contributed by atoms with Crippen LogP contribution in [0.15, 0.2) is 35.2 Å². The fourth-order valence-electron chi connectivity index (χ4n) is 3.69. The molecule has 2 fully saturated rings. The van der Waals surface area contributed by atoms with Crippen LogP contribution in [-0.4, -0.2) is 39.0 Å². The SMILES string of the molecule is COC(=O)C[C@@H]1O[C@@H]2CCC[C@@H]2[C@H]1S(=O)(=O)c1ccccc1. The Hall–Kier alpha value is -1.40. The van der Waals surface area contributed by atoms with Gasteiger partial charge in [0, 0.05) is 5.92 Å². The summed E-state index contributed by atoms with van der Waals surface area (Å²) in [4.78, 5) is 11.9. The molecule has 2 aliphatic rings. The lowest BCUT2D eigenvalue weighted by molar-refractivity contribution is -0.143. The maximum absolute atomic E-state index is 13.0. The molecule has 4 atom stereocenters. The highest BCUT2D eigenvalue weighted by Crippen LogP contribution is 2.45. The predicted octanol–water partition coefficient (Wildman–Crippen LogP) is 1.96. The van der Waals surface area contributed by atoms with Crippen molar-refractivity contribution in [3.05, 3.63) is 30.3 Å². The Morgan fingerprint density at radius 1 is 1.27 bits per heavy atom. The van der Waals surface area contributed by atoms with E-state index in [1.54, 1.807) is 30.3 Å². The van der Waals surface area contributed by atoms with Crippen LogP contribution in [0.3, 0.4) is 0 Å². The first-order valence-electron chi connectivity index (χ1n) is 7.55. The second-order valence-corrected chi connectivity index (χ2v) is 8.02. The second-order valence-electron chi connectivity index (χ2n) is 5.91. The van der Waals surface area contributed by atoms with Crippen molar-refractivity contribution in [1.29, 1.82) is 0 Å². The van der Waals surface area contributed by atoms with Crippen LogP contribution in [0.2, 0.25) is 0 Å². The number of carbonyl (C=O) groups excluding carboxylic acids is 1. The van der Waals surface area contributed by atoms with E-state index >= 15 is 0 Å². The molecule has 3 rings (SSSR count). The fourth-order valence-corrected chi connectivity index (χ4v) is 5.87. The monoisotopic (exact) mass is 324 g/mol. The Bertz CT molecular complexity index is 640. The molecule has 0 N–H and O–H groups in total. The standard InChI is InChI=1S/C16H20O5S/c1-20-15(17)10-14-16(12-8-5-9-13(12)21-14)22(18,19)11-6-3-2-4-7-11/h2-4,6-7,12-14,16H,5,8-10H2,1H3/t12-,13+,14-,16+/m0/s1. The molecule has 0 aromatic heterocycles. The minimum atomic E-state index is -3.53. The van der Waals surface area contributed by atoms with Crippen LogP contribution in [0.5, 0.6) is 0 Å². The minimum absolute atomic E-state index is 0.0137. The molecule has 0 spiro atoms. The number of fused-ring (bicyclic) bond motifs is 1. The van der Waals surface area contributed by atoms with E-state index in [1.165, 1.54) is 7.11 Å². The summed E-state index contributed by atoms with van der Waals surface area (Å²) < 4.78 is 36.6. The molecule has 1 aliphatic carbocycles. The highest BCUT2D eigenvalue weighted by atomic mass is 32.2. The number of carbonyl (C=O) groups is 1. The van der Waals surface area contributed by atoms with Gasteiger partial charge in [0.1, 0.15) is 0 Å². The largest absolute Gasteiger partial charge is 0.469 e. The smallest absolute Gasteiger partial charge is 0.308 e. The third-order valence-electron chi connectivity index (χ3n) is 4.67. The van der Waals surface area contributed by atoms with Crippen molar-refractivity contribution in [2.45, 2.75) is 48.0 Å². The maximum atomic E-state index is 13.0. The lowest BCUT2D eigenvalue weighted by Crippen LogP contribution is -2.36. The van der Waals surface area contributed by atoms with Crippen LogP contribution in [-0.2, 0) is 24.1 Å². The van der Waals surface area contributed by atoms with E-state index in [0.717, 1.165) is 19.3 Å². The van der Waals surface area contributed by atoms with Gasteiger partial charge in [0.15, 0.2) is 9.84 Å². The quantitative estimate of drug-likeness (QED) is 0.792. The first kappa shape index (κ1) is 15.5. The number of sulfone groups is 1. The average Bonchev–Trinajstić information content (AvgIpc) is 3.08. The van der Waals surface area contributed by atoms with Gasteiger partial charge in [-0.3, -0.25) is 4.79 Å². The van der Waals surface area contributed by atoms with Crippen LogP contribution in [0.4, 0.5) is 0 Å². The molecule has 5 nitrogen and oxygen atoms in total. The highest BCUT2D eigenvalue weighted by Gasteiger charge is 2.53. The Kier molecular flexibility index (Phi) is 4.23. The molecule has 1 aromatic rings. The van der Waals surface area contributed by atoms with Crippen molar-refractivity contribution in [3.63, 3.8) is 0 Å². The molecule has 0 unspecified atom stereocenters. The first-order chi connectivity index (χ1) is 10.5. The van der Waals surface area contributed by atoms with Crippen molar-refractivity contribution < 1.29 is 22.7 Å². The van der Waals surface area contributed by atoms with Crippen LogP contribution >= 0.6 is 0 Å². The Morgan fingerprint density at radius 2 is 2.00 bits per heavy atom. The minimum Gasteiger partial charge on any atom is -0.469 e. The third kappa shape index (κ3) is 2.65. The summed E-state index contributed by atoms with van der Waals surface area (Å²) in [5, 5.41) is -0.665. The van der Waals surface area contributed by atoms with Crippen LogP contribution < -0.4 is 0 Å². The predicted molar refractivity (Wildman–Crippen MR) is 80.1 cm³/mol. The summed E-state index contributed by atoms with van der Waals surface area (Å²) in [7, 11) is -2.22. The lowest BCUT2D eigenvalue weighted by Gasteiger charge is -2.22. The van der Waals surface area contributed by atoms with Gasteiger partial charge in [-0.2, -0.15) is 0 Å². The Labute approximate surface area is 130 Å². The second kappa shape index (κ2) is 6.01. The number of hydrogen-bond donors (Lipinski definition) is 0. The zero-order valence-electron chi connectivity index (χ0n) is 12.5. The van der Waals surface area contributed by atoms with Gasteiger partial charge in [-0.05, 0) is 25.0 Å². The molecular formula is C16H20O5S. The van der Waals surface area contributed by atoms with E-state index in [0.29, 0.717) is 4.90 Å². The van der Waals surface area contributed by atoms with E-state index in [4.69, 9.17) is 4.74 Å². The summed E-state index contributed by atoms with van der Waals surface area (Å²) in [6.45, 7) is 0. The van der Waals surface area contributed by atoms with E-state index < -0.39 is 27.2 Å². The number of benzene rings is 1. The van der Waals surface area contributed by atoms with Crippen LogP contribution in [0.1, 0.15) is 25.7 Å². The van der Waals surface area contributed by atoms with Crippen molar-refractivity contribution in [1.82, 2.24) is 0 Å². The molecule has 0 bridgehead atoms. The molecule has 0 radical (unpaired) electrons.